The molecule has 2 aliphatic rings. The van der Waals surface area contributed by atoms with Gasteiger partial charge in [0.25, 0.3) is 5.91 Å². The second kappa shape index (κ2) is 8.24. The molecular formula is C23H26BrFN2O. The van der Waals surface area contributed by atoms with Crippen LogP contribution in [0.2, 0.25) is 0 Å². The van der Waals surface area contributed by atoms with Crippen LogP contribution in [0.4, 0.5) is 10.1 Å². The molecule has 0 radical (unpaired) electrons. The van der Waals surface area contributed by atoms with Crippen molar-refractivity contribution in [3.05, 3.63) is 64.5 Å². The Balaban J connectivity index is 1.59. The monoisotopic (exact) mass is 444 g/mol. The number of carbonyl (C=O) groups is 1. The Hall–Kier alpha value is -1.88. The molecule has 0 bridgehead atoms. The number of anilines is 1. The minimum Gasteiger partial charge on any atom is -0.372 e. The molecule has 1 aliphatic carbocycles. The third-order valence-corrected chi connectivity index (χ3v) is 6.43. The highest BCUT2D eigenvalue weighted by molar-refractivity contribution is 9.08. The molecule has 148 valence electrons. The minimum absolute atomic E-state index is 0.0536. The molecule has 1 amide bonds. The number of halogens is 2. The van der Waals surface area contributed by atoms with Crippen LogP contribution >= 0.6 is 15.9 Å². The highest BCUT2D eigenvalue weighted by Gasteiger charge is 2.34. The van der Waals surface area contributed by atoms with Gasteiger partial charge in [0.15, 0.2) is 0 Å². The van der Waals surface area contributed by atoms with Crippen molar-refractivity contribution in [3.8, 4) is 0 Å². The molecule has 1 N–H and O–H groups in total. The Morgan fingerprint density at radius 2 is 1.96 bits per heavy atom. The van der Waals surface area contributed by atoms with Crippen LogP contribution in [-0.4, -0.2) is 19.0 Å². The van der Waals surface area contributed by atoms with Crippen molar-refractivity contribution in [3.63, 3.8) is 0 Å². The van der Waals surface area contributed by atoms with E-state index in [1.807, 2.05) is 18.2 Å². The summed E-state index contributed by atoms with van der Waals surface area (Å²) in [6.07, 6.45) is 4.60. The molecule has 2 aromatic carbocycles. The molecule has 1 heterocycles. The van der Waals surface area contributed by atoms with Gasteiger partial charge in [-0.05, 0) is 79.5 Å². The van der Waals surface area contributed by atoms with E-state index in [1.165, 1.54) is 18.9 Å². The van der Waals surface area contributed by atoms with Crippen molar-refractivity contribution >= 4 is 27.5 Å². The van der Waals surface area contributed by atoms with E-state index in [9.17, 15) is 9.18 Å². The zero-order valence-electron chi connectivity index (χ0n) is 16.2. The van der Waals surface area contributed by atoms with Crippen LogP contribution in [0.25, 0.3) is 0 Å². The summed E-state index contributed by atoms with van der Waals surface area (Å²) >= 11 is 3.53. The van der Waals surface area contributed by atoms with Gasteiger partial charge in [-0.25, -0.2) is 4.39 Å². The van der Waals surface area contributed by atoms with Crippen molar-refractivity contribution in [2.75, 3.05) is 18.0 Å². The van der Waals surface area contributed by atoms with Gasteiger partial charge < -0.3 is 10.2 Å². The number of benzene rings is 2. The largest absolute Gasteiger partial charge is 0.372 e. The van der Waals surface area contributed by atoms with Crippen molar-refractivity contribution < 1.29 is 9.18 Å². The van der Waals surface area contributed by atoms with Crippen LogP contribution in [0.1, 0.15) is 58.8 Å². The Morgan fingerprint density at radius 3 is 2.61 bits per heavy atom. The SMILES string of the molecule is Cc1cc([C@@H](NC(=O)c2cc(CBr)cc(N3CCCC3)c2)C2CC2)ccc1F. The maximum atomic E-state index is 13.7. The molecule has 1 saturated carbocycles. The zero-order chi connectivity index (χ0) is 19.7. The summed E-state index contributed by atoms with van der Waals surface area (Å²) in [4.78, 5) is 15.5. The maximum absolute atomic E-state index is 13.7. The smallest absolute Gasteiger partial charge is 0.251 e. The van der Waals surface area contributed by atoms with Gasteiger partial charge in [0.2, 0.25) is 0 Å². The fourth-order valence-corrected chi connectivity index (χ4v) is 4.35. The van der Waals surface area contributed by atoms with Gasteiger partial charge in [0, 0.05) is 29.7 Å². The van der Waals surface area contributed by atoms with E-state index in [4.69, 9.17) is 0 Å². The second-order valence-corrected chi connectivity index (χ2v) is 8.57. The van der Waals surface area contributed by atoms with Crippen molar-refractivity contribution in [1.82, 2.24) is 5.32 Å². The quantitative estimate of drug-likeness (QED) is 0.595. The van der Waals surface area contributed by atoms with Crippen LogP contribution in [0.3, 0.4) is 0 Å². The van der Waals surface area contributed by atoms with Gasteiger partial charge >= 0.3 is 0 Å². The summed E-state index contributed by atoms with van der Waals surface area (Å²) in [6.45, 7) is 3.87. The lowest BCUT2D eigenvalue weighted by molar-refractivity contribution is 0.0931. The highest BCUT2D eigenvalue weighted by Crippen LogP contribution is 2.41. The molecule has 1 saturated heterocycles. The van der Waals surface area contributed by atoms with E-state index < -0.39 is 0 Å². The highest BCUT2D eigenvalue weighted by atomic mass is 79.9. The molecule has 0 spiro atoms. The summed E-state index contributed by atoms with van der Waals surface area (Å²) in [7, 11) is 0. The molecule has 1 aliphatic heterocycles. The number of alkyl halides is 1. The van der Waals surface area contributed by atoms with E-state index in [1.54, 1.807) is 13.0 Å². The Bertz CT molecular complexity index is 875. The van der Waals surface area contributed by atoms with E-state index >= 15 is 0 Å². The fraction of sp³-hybridized carbons (Fsp3) is 0.435. The topological polar surface area (TPSA) is 32.3 Å². The number of amides is 1. The number of hydrogen-bond donors (Lipinski definition) is 1. The van der Waals surface area contributed by atoms with Gasteiger partial charge in [-0.2, -0.15) is 0 Å². The molecule has 2 aromatic rings. The standard InChI is InChI=1S/C23H26BrFN2O/c1-15-10-18(6-7-21(15)25)22(17-4-5-17)26-23(28)19-11-16(14-24)12-20(13-19)27-8-2-3-9-27/h6-7,10-13,17,22H,2-5,8-9,14H2,1H3,(H,26,28)/t22-/m0/s1. The van der Waals surface area contributed by atoms with Crippen LogP contribution in [-0.2, 0) is 5.33 Å². The third-order valence-electron chi connectivity index (χ3n) is 5.79. The average molecular weight is 445 g/mol. The predicted octanol–water partition coefficient (Wildman–Crippen LogP) is 5.51. The van der Waals surface area contributed by atoms with E-state index in [0.29, 0.717) is 17.0 Å². The van der Waals surface area contributed by atoms with Gasteiger partial charge in [-0.15, -0.1) is 0 Å². The summed E-state index contributed by atoms with van der Waals surface area (Å²) < 4.78 is 13.7. The van der Waals surface area contributed by atoms with E-state index in [2.05, 4.69) is 32.2 Å². The Morgan fingerprint density at radius 1 is 1.21 bits per heavy atom. The number of carbonyl (C=O) groups excluding carboxylic acids is 1. The molecule has 2 fully saturated rings. The van der Waals surface area contributed by atoms with Gasteiger partial charge in [0.05, 0.1) is 6.04 Å². The molecule has 1 atom stereocenters. The number of nitrogens with zero attached hydrogens (tertiary/aromatic N) is 1. The van der Waals surface area contributed by atoms with E-state index in [0.717, 1.165) is 48.1 Å². The first-order valence-corrected chi connectivity index (χ1v) is 11.2. The average Bonchev–Trinajstić information content (AvgIpc) is 3.40. The Kier molecular flexibility index (Phi) is 5.72. The number of hydrogen-bond acceptors (Lipinski definition) is 2. The minimum atomic E-state index is -0.204. The van der Waals surface area contributed by atoms with Gasteiger partial charge in [0.1, 0.15) is 5.82 Å². The second-order valence-electron chi connectivity index (χ2n) is 8.01. The van der Waals surface area contributed by atoms with Gasteiger partial charge in [-0.3, -0.25) is 4.79 Å². The van der Waals surface area contributed by atoms with Crippen LogP contribution < -0.4 is 10.2 Å². The lowest BCUT2D eigenvalue weighted by atomic mass is 9.99. The molecular weight excluding hydrogens is 419 g/mol. The summed E-state index contributed by atoms with van der Waals surface area (Å²) in [5.41, 5.74) is 4.54. The fourth-order valence-electron chi connectivity index (χ4n) is 4.03. The van der Waals surface area contributed by atoms with Crippen molar-refractivity contribution in [2.24, 2.45) is 5.92 Å². The molecule has 0 unspecified atom stereocenters. The van der Waals surface area contributed by atoms with Crippen LogP contribution in [0, 0.1) is 18.7 Å². The van der Waals surface area contributed by atoms with Crippen molar-refractivity contribution in [2.45, 2.75) is 44.0 Å². The number of aryl methyl sites for hydroxylation is 1. The van der Waals surface area contributed by atoms with Crippen LogP contribution in [0.5, 0.6) is 0 Å². The first kappa shape index (κ1) is 19.4. The normalized spacial score (nSPS) is 17.6. The third kappa shape index (κ3) is 4.24. The lowest BCUT2D eigenvalue weighted by Crippen LogP contribution is -2.30. The summed E-state index contributed by atoms with van der Waals surface area (Å²) in [6, 6.07) is 11.2. The molecule has 5 heteroatoms. The number of nitrogens with one attached hydrogen (secondary N) is 1. The molecule has 4 rings (SSSR count). The predicted molar refractivity (Wildman–Crippen MR) is 115 cm³/mol. The molecule has 3 nitrogen and oxygen atoms in total. The Labute approximate surface area is 174 Å². The summed E-state index contributed by atoms with van der Waals surface area (Å²) in [5.74, 6) is 0.179. The zero-order valence-corrected chi connectivity index (χ0v) is 17.8. The lowest BCUT2D eigenvalue weighted by Gasteiger charge is -2.22. The molecule has 28 heavy (non-hydrogen) atoms. The van der Waals surface area contributed by atoms with Crippen molar-refractivity contribution in [1.29, 1.82) is 0 Å². The maximum Gasteiger partial charge on any atom is 0.251 e. The first-order valence-electron chi connectivity index (χ1n) is 10.1. The van der Waals surface area contributed by atoms with Crippen LogP contribution in [0.15, 0.2) is 36.4 Å². The molecule has 0 aromatic heterocycles. The van der Waals surface area contributed by atoms with Gasteiger partial charge in [-0.1, -0.05) is 28.1 Å². The first-order chi connectivity index (χ1) is 13.5. The number of rotatable bonds is 6. The van der Waals surface area contributed by atoms with E-state index in [-0.39, 0.29) is 17.8 Å². The summed E-state index contributed by atoms with van der Waals surface area (Å²) in [5, 5.41) is 3.95.